The van der Waals surface area contributed by atoms with Crippen molar-refractivity contribution in [3.63, 3.8) is 0 Å². The molecule has 1 aliphatic rings. The number of hydrogen-bond acceptors (Lipinski definition) is 2. The molecule has 1 aliphatic heterocycles. The van der Waals surface area contributed by atoms with Crippen LogP contribution >= 0.6 is 0 Å². The summed E-state index contributed by atoms with van der Waals surface area (Å²) in [6.07, 6.45) is 0. The van der Waals surface area contributed by atoms with E-state index in [1.807, 2.05) is 31.2 Å². The Kier molecular flexibility index (Phi) is 2.64. The number of anilines is 1. The lowest BCUT2D eigenvalue weighted by Crippen LogP contribution is -2.57. The summed E-state index contributed by atoms with van der Waals surface area (Å²) in [5.41, 5.74) is 1.86. The van der Waals surface area contributed by atoms with Crippen molar-refractivity contribution in [2.45, 2.75) is 19.9 Å². The molecular weight excluding hydrogens is 204 g/mol. The van der Waals surface area contributed by atoms with Crippen molar-refractivity contribution in [3.05, 3.63) is 29.8 Å². The summed E-state index contributed by atoms with van der Waals surface area (Å²) in [7, 11) is 0. The lowest BCUT2D eigenvalue weighted by Gasteiger charge is -2.32. The minimum absolute atomic E-state index is 0.0716. The van der Waals surface area contributed by atoms with E-state index in [-0.39, 0.29) is 18.4 Å². The summed E-state index contributed by atoms with van der Waals surface area (Å²) in [4.78, 5) is 24.8. The molecule has 1 atom stereocenters. The van der Waals surface area contributed by atoms with E-state index in [0.29, 0.717) is 0 Å². The van der Waals surface area contributed by atoms with Crippen LogP contribution in [0.4, 0.5) is 5.69 Å². The fraction of sp³-hybridized carbons (Fsp3) is 0.333. The first kappa shape index (κ1) is 10.7. The molecule has 84 valence electrons. The molecule has 0 aliphatic carbocycles. The van der Waals surface area contributed by atoms with Gasteiger partial charge in [0.2, 0.25) is 11.8 Å². The molecule has 1 unspecified atom stereocenters. The van der Waals surface area contributed by atoms with E-state index in [1.165, 1.54) is 0 Å². The van der Waals surface area contributed by atoms with Gasteiger partial charge in [-0.25, -0.2) is 0 Å². The van der Waals surface area contributed by atoms with Crippen LogP contribution in [-0.4, -0.2) is 24.4 Å². The molecule has 1 aromatic carbocycles. The predicted molar refractivity (Wildman–Crippen MR) is 61.1 cm³/mol. The standard InChI is InChI=1S/C12H14N2O2/c1-8-4-3-5-10(6-8)14-9(2)12(16)13-7-11(14)15/h3-6,9H,7H2,1-2H3,(H,13,16). The topological polar surface area (TPSA) is 49.4 Å². The Hall–Kier alpha value is -1.84. The molecule has 1 N–H and O–H groups in total. The third-order valence-corrected chi connectivity index (χ3v) is 2.73. The predicted octanol–water partition coefficient (Wildman–Crippen LogP) is 0.846. The maximum atomic E-state index is 11.8. The number of hydrogen-bond donors (Lipinski definition) is 1. The van der Waals surface area contributed by atoms with E-state index in [0.717, 1.165) is 11.3 Å². The molecule has 1 saturated heterocycles. The number of amides is 2. The van der Waals surface area contributed by atoms with Gasteiger partial charge in [0.1, 0.15) is 6.04 Å². The Labute approximate surface area is 94.2 Å². The van der Waals surface area contributed by atoms with Crippen molar-refractivity contribution in [2.75, 3.05) is 11.4 Å². The largest absolute Gasteiger partial charge is 0.345 e. The summed E-state index contributed by atoms with van der Waals surface area (Å²) in [5.74, 6) is -0.182. The summed E-state index contributed by atoms with van der Waals surface area (Å²) < 4.78 is 0. The highest BCUT2D eigenvalue weighted by molar-refractivity contribution is 6.06. The molecule has 1 aromatic rings. The van der Waals surface area contributed by atoms with Gasteiger partial charge in [0, 0.05) is 5.69 Å². The number of piperazine rings is 1. The lowest BCUT2D eigenvalue weighted by molar-refractivity contribution is -0.130. The van der Waals surface area contributed by atoms with Crippen LogP contribution in [-0.2, 0) is 9.59 Å². The normalized spacial score (nSPS) is 20.9. The van der Waals surface area contributed by atoms with Gasteiger partial charge in [-0.05, 0) is 31.5 Å². The molecule has 16 heavy (non-hydrogen) atoms. The Morgan fingerprint density at radius 2 is 2.12 bits per heavy atom. The number of nitrogens with one attached hydrogen (secondary N) is 1. The lowest BCUT2D eigenvalue weighted by atomic mass is 10.1. The van der Waals surface area contributed by atoms with E-state index in [4.69, 9.17) is 0 Å². The molecule has 0 spiro atoms. The second-order valence-corrected chi connectivity index (χ2v) is 4.00. The van der Waals surface area contributed by atoms with Gasteiger partial charge in [-0.15, -0.1) is 0 Å². The van der Waals surface area contributed by atoms with Crippen molar-refractivity contribution in [3.8, 4) is 0 Å². The Bertz CT molecular complexity index is 442. The smallest absolute Gasteiger partial charge is 0.247 e. The minimum Gasteiger partial charge on any atom is -0.345 e. The highest BCUT2D eigenvalue weighted by Gasteiger charge is 2.31. The average Bonchev–Trinajstić information content (AvgIpc) is 2.24. The van der Waals surface area contributed by atoms with Crippen molar-refractivity contribution in [1.29, 1.82) is 0 Å². The van der Waals surface area contributed by atoms with Crippen molar-refractivity contribution in [2.24, 2.45) is 0 Å². The molecule has 1 fully saturated rings. The summed E-state index contributed by atoms with van der Waals surface area (Å²) in [6, 6.07) is 7.16. The van der Waals surface area contributed by atoms with Crippen LogP contribution in [0.1, 0.15) is 12.5 Å². The number of benzene rings is 1. The fourth-order valence-corrected chi connectivity index (χ4v) is 1.87. The van der Waals surface area contributed by atoms with E-state index >= 15 is 0 Å². The second-order valence-electron chi connectivity index (χ2n) is 4.00. The van der Waals surface area contributed by atoms with Gasteiger partial charge in [-0.2, -0.15) is 0 Å². The number of rotatable bonds is 1. The van der Waals surface area contributed by atoms with Crippen LogP contribution in [0.15, 0.2) is 24.3 Å². The van der Waals surface area contributed by atoms with E-state index < -0.39 is 6.04 Å². The Morgan fingerprint density at radius 3 is 2.81 bits per heavy atom. The van der Waals surface area contributed by atoms with Gasteiger partial charge in [0.15, 0.2) is 0 Å². The highest BCUT2D eigenvalue weighted by atomic mass is 16.2. The van der Waals surface area contributed by atoms with Gasteiger partial charge in [0.05, 0.1) is 6.54 Å². The van der Waals surface area contributed by atoms with Crippen LogP contribution in [0, 0.1) is 6.92 Å². The Balaban J connectivity index is 2.37. The van der Waals surface area contributed by atoms with Crippen LogP contribution in [0.25, 0.3) is 0 Å². The van der Waals surface area contributed by atoms with Crippen molar-refractivity contribution >= 4 is 17.5 Å². The SMILES string of the molecule is Cc1cccc(N2C(=O)CNC(=O)C2C)c1. The van der Waals surface area contributed by atoms with E-state index in [9.17, 15) is 9.59 Å². The maximum absolute atomic E-state index is 11.8. The first-order valence-corrected chi connectivity index (χ1v) is 5.26. The van der Waals surface area contributed by atoms with Crippen LogP contribution in [0.5, 0.6) is 0 Å². The van der Waals surface area contributed by atoms with Gasteiger partial charge in [-0.3, -0.25) is 14.5 Å². The van der Waals surface area contributed by atoms with Crippen molar-refractivity contribution in [1.82, 2.24) is 5.32 Å². The molecule has 0 aromatic heterocycles. The van der Waals surface area contributed by atoms with E-state index in [1.54, 1.807) is 11.8 Å². The molecule has 0 radical (unpaired) electrons. The molecule has 2 amide bonds. The van der Waals surface area contributed by atoms with Crippen molar-refractivity contribution < 1.29 is 9.59 Å². The molecular formula is C12H14N2O2. The quantitative estimate of drug-likeness (QED) is 0.759. The Morgan fingerprint density at radius 1 is 1.38 bits per heavy atom. The first-order valence-electron chi connectivity index (χ1n) is 5.26. The number of carbonyl (C=O) groups is 2. The molecule has 0 bridgehead atoms. The number of aryl methyl sites for hydroxylation is 1. The third-order valence-electron chi connectivity index (χ3n) is 2.73. The minimum atomic E-state index is -0.442. The zero-order chi connectivity index (χ0) is 11.7. The first-order chi connectivity index (χ1) is 7.59. The van der Waals surface area contributed by atoms with Gasteiger partial charge >= 0.3 is 0 Å². The molecule has 4 nitrogen and oxygen atoms in total. The monoisotopic (exact) mass is 218 g/mol. The van der Waals surface area contributed by atoms with Gasteiger partial charge in [0.25, 0.3) is 0 Å². The zero-order valence-electron chi connectivity index (χ0n) is 9.36. The average molecular weight is 218 g/mol. The third kappa shape index (κ3) is 1.78. The molecule has 1 heterocycles. The van der Waals surface area contributed by atoms with Crippen LogP contribution < -0.4 is 10.2 Å². The maximum Gasteiger partial charge on any atom is 0.247 e. The molecule has 0 saturated carbocycles. The van der Waals surface area contributed by atoms with E-state index in [2.05, 4.69) is 5.32 Å². The van der Waals surface area contributed by atoms with Crippen LogP contribution in [0.2, 0.25) is 0 Å². The van der Waals surface area contributed by atoms with Gasteiger partial charge in [-0.1, -0.05) is 12.1 Å². The molecule has 2 rings (SSSR count). The highest BCUT2D eigenvalue weighted by Crippen LogP contribution is 2.20. The van der Waals surface area contributed by atoms with Gasteiger partial charge < -0.3 is 5.32 Å². The summed E-state index contributed by atoms with van der Waals surface area (Å²) in [6.45, 7) is 3.77. The molecule has 4 heteroatoms. The number of nitrogens with zero attached hydrogens (tertiary/aromatic N) is 1. The second kappa shape index (κ2) is 3.96. The zero-order valence-corrected chi connectivity index (χ0v) is 9.36. The summed E-state index contributed by atoms with van der Waals surface area (Å²) >= 11 is 0. The summed E-state index contributed by atoms with van der Waals surface area (Å²) in [5, 5.41) is 2.57. The fourth-order valence-electron chi connectivity index (χ4n) is 1.87. The number of carbonyl (C=O) groups excluding carboxylic acids is 2. The van der Waals surface area contributed by atoms with Crippen LogP contribution in [0.3, 0.4) is 0 Å².